The number of anilines is 1. The lowest BCUT2D eigenvalue weighted by molar-refractivity contribution is 0.0660. The fourth-order valence-electron chi connectivity index (χ4n) is 3.91. The van der Waals surface area contributed by atoms with Gasteiger partial charge in [0.25, 0.3) is 5.91 Å². The third-order valence-corrected chi connectivity index (χ3v) is 5.43. The van der Waals surface area contributed by atoms with E-state index in [1.165, 1.54) is 0 Å². The summed E-state index contributed by atoms with van der Waals surface area (Å²) in [4.78, 5) is 19.2. The van der Waals surface area contributed by atoms with Crippen LogP contribution < -0.4 is 10.2 Å². The van der Waals surface area contributed by atoms with E-state index in [0.29, 0.717) is 18.3 Å². The van der Waals surface area contributed by atoms with Gasteiger partial charge in [0.1, 0.15) is 12.0 Å². The summed E-state index contributed by atoms with van der Waals surface area (Å²) in [6, 6.07) is 2.15. The lowest BCUT2D eigenvalue weighted by atomic mass is 10.1. The summed E-state index contributed by atoms with van der Waals surface area (Å²) in [5, 5.41) is 15.7. The Kier molecular flexibility index (Phi) is 4.40. The Morgan fingerprint density at radius 2 is 2.11 bits per heavy atom. The summed E-state index contributed by atoms with van der Waals surface area (Å²) in [6.07, 6.45) is 9.82. The molecule has 146 valence electrons. The molecule has 1 N–H and O–H groups in total. The number of hydrogen-bond acceptors (Lipinski definition) is 7. The van der Waals surface area contributed by atoms with Crippen molar-refractivity contribution in [3.8, 4) is 0 Å². The predicted octanol–water partition coefficient (Wildman–Crippen LogP) is 0.681. The number of carbonyl (C=O) groups excluding carboxylic acids is 1. The monoisotopic (exact) mass is 382 g/mol. The summed E-state index contributed by atoms with van der Waals surface area (Å²) >= 11 is 0. The Balaban J connectivity index is 1.23. The molecule has 0 spiro atoms. The molecule has 3 aromatic heterocycles. The average Bonchev–Trinajstić information content (AvgIpc) is 3.48. The fraction of sp³-hybridized carbons (Fsp3) is 0.500. The van der Waals surface area contributed by atoms with Gasteiger partial charge in [-0.3, -0.25) is 13.9 Å². The lowest BCUT2D eigenvalue weighted by Crippen LogP contribution is -2.37. The highest BCUT2D eigenvalue weighted by Crippen LogP contribution is 2.22. The maximum atomic E-state index is 12.6. The molecule has 1 unspecified atom stereocenters. The summed E-state index contributed by atoms with van der Waals surface area (Å²) in [7, 11) is 0. The van der Waals surface area contributed by atoms with Crippen molar-refractivity contribution in [2.24, 2.45) is 0 Å². The molecule has 2 saturated heterocycles. The van der Waals surface area contributed by atoms with Crippen molar-refractivity contribution in [1.82, 2.24) is 34.7 Å². The number of ether oxygens (including phenoxy) is 1. The predicted molar refractivity (Wildman–Crippen MR) is 100 cm³/mol. The first kappa shape index (κ1) is 17.1. The molecular formula is C18H22N8O2. The van der Waals surface area contributed by atoms with Crippen LogP contribution in [0.3, 0.4) is 0 Å². The van der Waals surface area contributed by atoms with Crippen LogP contribution in [0.15, 0.2) is 31.0 Å². The van der Waals surface area contributed by atoms with Crippen LogP contribution in [0.1, 0.15) is 35.8 Å². The molecule has 5 rings (SSSR count). The van der Waals surface area contributed by atoms with E-state index in [2.05, 4.69) is 30.5 Å². The number of rotatable bonds is 4. The Labute approximate surface area is 161 Å². The van der Waals surface area contributed by atoms with E-state index in [1.807, 2.05) is 21.5 Å². The van der Waals surface area contributed by atoms with Crippen LogP contribution in [0.5, 0.6) is 0 Å². The zero-order valence-electron chi connectivity index (χ0n) is 15.4. The van der Waals surface area contributed by atoms with Gasteiger partial charge >= 0.3 is 0 Å². The van der Waals surface area contributed by atoms with E-state index in [9.17, 15) is 4.79 Å². The summed E-state index contributed by atoms with van der Waals surface area (Å²) < 4.78 is 9.13. The molecule has 0 aromatic carbocycles. The minimum atomic E-state index is -0.133. The van der Waals surface area contributed by atoms with Crippen LogP contribution in [0.25, 0.3) is 5.65 Å². The van der Waals surface area contributed by atoms with Gasteiger partial charge in [0.15, 0.2) is 5.82 Å². The van der Waals surface area contributed by atoms with Crippen LogP contribution in [0.2, 0.25) is 0 Å². The summed E-state index contributed by atoms with van der Waals surface area (Å²) in [5.74, 6) is 0.659. The molecule has 2 aliphatic rings. The van der Waals surface area contributed by atoms with Gasteiger partial charge in [-0.05, 0) is 25.3 Å². The minimum absolute atomic E-state index is 0.0470. The molecule has 0 bridgehead atoms. The number of carbonyl (C=O) groups is 1. The molecule has 0 saturated carbocycles. The van der Waals surface area contributed by atoms with Gasteiger partial charge in [-0.25, -0.2) is 4.98 Å². The van der Waals surface area contributed by atoms with Crippen molar-refractivity contribution in [3.05, 3.63) is 36.7 Å². The van der Waals surface area contributed by atoms with E-state index in [1.54, 1.807) is 18.6 Å². The van der Waals surface area contributed by atoms with Gasteiger partial charge in [-0.2, -0.15) is 5.10 Å². The van der Waals surface area contributed by atoms with Crippen molar-refractivity contribution < 1.29 is 9.53 Å². The standard InChI is InChI=1S/C18H22N8O2/c27-18(15-2-7-26(23-15)14-3-9-28-10-4-14)21-13-1-6-24(11-13)16-17-22-20-12-25(17)8-5-19-16/h2,5,7-8,12-14H,1,3-4,6,9-11H2,(H,21,27). The Morgan fingerprint density at radius 1 is 1.21 bits per heavy atom. The number of aromatic nitrogens is 6. The average molecular weight is 382 g/mol. The van der Waals surface area contributed by atoms with Gasteiger partial charge in [0.05, 0.1) is 6.04 Å². The maximum absolute atomic E-state index is 12.6. The molecule has 1 atom stereocenters. The smallest absolute Gasteiger partial charge is 0.272 e. The zero-order chi connectivity index (χ0) is 18.9. The molecule has 2 fully saturated rings. The minimum Gasteiger partial charge on any atom is -0.381 e. The lowest BCUT2D eigenvalue weighted by Gasteiger charge is -2.22. The van der Waals surface area contributed by atoms with Crippen molar-refractivity contribution in [1.29, 1.82) is 0 Å². The second kappa shape index (κ2) is 7.19. The Hall–Kier alpha value is -3.01. The van der Waals surface area contributed by atoms with Gasteiger partial charge in [-0.15, -0.1) is 10.2 Å². The second-order valence-electron chi connectivity index (χ2n) is 7.24. The molecular weight excluding hydrogens is 360 g/mol. The molecule has 5 heterocycles. The highest BCUT2D eigenvalue weighted by Gasteiger charge is 2.28. The van der Waals surface area contributed by atoms with E-state index in [0.717, 1.165) is 50.5 Å². The second-order valence-corrected chi connectivity index (χ2v) is 7.24. The number of fused-ring (bicyclic) bond motifs is 1. The number of hydrogen-bond donors (Lipinski definition) is 1. The van der Waals surface area contributed by atoms with Crippen LogP contribution in [-0.4, -0.2) is 67.6 Å². The molecule has 28 heavy (non-hydrogen) atoms. The van der Waals surface area contributed by atoms with Gasteiger partial charge in [0.2, 0.25) is 5.65 Å². The van der Waals surface area contributed by atoms with Crippen LogP contribution >= 0.6 is 0 Å². The van der Waals surface area contributed by atoms with Gasteiger partial charge < -0.3 is 15.0 Å². The third kappa shape index (κ3) is 3.19. The highest BCUT2D eigenvalue weighted by molar-refractivity contribution is 5.92. The topological polar surface area (TPSA) is 102 Å². The molecule has 10 nitrogen and oxygen atoms in total. The quantitative estimate of drug-likeness (QED) is 0.708. The van der Waals surface area contributed by atoms with Gasteiger partial charge in [-0.1, -0.05) is 0 Å². The zero-order valence-corrected chi connectivity index (χ0v) is 15.4. The molecule has 0 radical (unpaired) electrons. The largest absolute Gasteiger partial charge is 0.381 e. The molecule has 1 amide bonds. The molecule has 3 aromatic rings. The summed E-state index contributed by atoms with van der Waals surface area (Å²) in [5.41, 5.74) is 1.19. The number of nitrogens with zero attached hydrogens (tertiary/aromatic N) is 7. The van der Waals surface area contributed by atoms with E-state index in [4.69, 9.17) is 4.74 Å². The van der Waals surface area contributed by atoms with Crippen molar-refractivity contribution >= 4 is 17.4 Å². The Morgan fingerprint density at radius 3 is 3.00 bits per heavy atom. The van der Waals surface area contributed by atoms with Gasteiger partial charge in [0, 0.05) is 50.9 Å². The van der Waals surface area contributed by atoms with Crippen molar-refractivity contribution in [2.45, 2.75) is 31.3 Å². The third-order valence-electron chi connectivity index (χ3n) is 5.43. The number of amides is 1. The van der Waals surface area contributed by atoms with Crippen LogP contribution in [0.4, 0.5) is 5.82 Å². The summed E-state index contributed by atoms with van der Waals surface area (Å²) in [6.45, 7) is 2.99. The molecule has 2 aliphatic heterocycles. The van der Waals surface area contributed by atoms with E-state index >= 15 is 0 Å². The van der Waals surface area contributed by atoms with Crippen LogP contribution in [0, 0.1) is 0 Å². The maximum Gasteiger partial charge on any atom is 0.272 e. The van der Waals surface area contributed by atoms with Crippen LogP contribution in [-0.2, 0) is 4.74 Å². The highest BCUT2D eigenvalue weighted by atomic mass is 16.5. The first-order chi connectivity index (χ1) is 13.8. The normalized spacial score (nSPS) is 20.7. The van der Waals surface area contributed by atoms with Crippen molar-refractivity contribution in [3.63, 3.8) is 0 Å². The fourth-order valence-corrected chi connectivity index (χ4v) is 3.91. The first-order valence-corrected chi connectivity index (χ1v) is 9.61. The van der Waals surface area contributed by atoms with E-state index < -0.39 is 0 Å². The molecule has 0 aliphatic carbocycles. The molecule has 10 heteroatoms. The van der Waals surface area contributed by atoms with Crippen molar-refractivity contribution in [2.75, 3.05) is 31.2 Å². The first-order valence-electron chi connectivity index (χ1n) is 9.61. The Bertz CT molecular complexity index is 977. The SMILES string of the molecule is O=C(NC1CCN(c2nccn3cnnc23)C1)c1ccn(C2CCOCC2)n1. The van der Waals surface area contributed by atoms with E-state index in [-0.39, 0.29) is 11.9 Å². The number of nitrogens with one attached hydrogen (secondary N) is 1.